The van der Waals surface area contributed by atoms with Crippen LogP contribution < -0.4 is 0 Å². The minimum Gasteiger partial charge on any atom is -0.263 e. The van der Waals surface area contributed by atoms with Crippen molar-refractivity contribution < 1.29 is 0 Å². The monoisotopic (exact) mass is 219 g/mol. The number of rotatable bonds is 3. The molecule has 0 atom stereocenters. The van der Waals surface area contributed by atoms with Gasteiger partial charge in [0.15, 0.2) is 5.82 Å². The van der Waals surface area contributed by atoms with Crippen LogP contribution in [0.5, 0.6) is 0 Å². The molecule has 2 aromatic rings. The first-order valence-corrected chi connectivity index (χ1v) is 6.12. The minimum atomic E-state index is 0.789. The van der Waals surface area contributed by atoms with Gasteiger partial charge in [-0.05, 0) is 18.4 Å². The van der Waals surface area contributed by atoms with Crippen LogP contribution in [0.1, 0.15) is 12.7 Å². The number of hydrogen-bond donors (Lipinski definition) is 1. The molecule has 0 bridgehead atoms. The fraction of sp³-hybridized carbons (Fsp3) is 0.273. The molecule has 0 fully saturated rings. The number of aromatic amines is 1. The van der Waals surface area contributed by atoms with Crippen LogP contribution in [0.4, 0.5) is 0 Å². The van der Waals surface area contributed by atoms with E-state index in [0.717, 1.165) is 23.6 Å². The molecule has 2 rings (SSSR count). The molecule has 0 aliphatic heterocycles. The lowest BCUT2D eigenvalue weighted by atomic mass is 10.2. The molecule has 0 amide bonds. The van der Waals surface area contributed by atoms with Crippen molar-refractivity contribution in [2.24, 2.45) is 0 Å². The summed E-state index contributed by atoms with van der Waals surface area (Å²) in [7, 11) is 0. The van der Waals surface area contributed by atoms with Crippen LogP contribution in [0.3, 0.4) is 0 Å². The zero-order valence-electron chi connectivity index (χ0n) is 8.82. The quantitative estimate of drug-likeness (QED) is 0.807. The van der Waals surface area contributed by atoms with Crippen molar-refractivity contribution in [3.63, 3.8) is 0 Å². The predicted octanol–water partition coefficient (Wildman–Crippen LogP) is 2.76. The van der Waals surface area contributed by atoms with Gasteiger partial charge in [0.05, 0.1) is 0 Å². The molecule has 15 heavy (non-hydrogen) atoms. The Morgan fingerprint density at radius 1 is 1.33 bits per heavy atom. The van der Waals surface area contributed by atoms with Crippen molar-refractivity contribution >= 4 is 11.8 Å². The highest BCUT2D eigenvalue weighted by Gasteiger charge is 2.08. The molecule has 0 radical (unpaired) electrons. The topological polar surface area (TPSA) is 41.6 Å². The van der Waals surface area contributed by atoms with E-state index in [1.54, 1.807) is 11.8 Å². The zero-order valence-corrected chi connectivity index (χ0v) is 9.64. The molecule has 0 unspecified atom stereocenters. The first-order chi connectivity index (χ1) is 7.35. The average molecular weight is 219 g/mol. The van der Waals surface area contributed by atoms with E-state index in [4.69, 9.17) is 0 Å². The summed E-state index contributed by atoms with van der Waals surface area (Å²) in [6.45, 7) is 2.06. The van der Waals surface area contributed by atoms with Crippen molar-refractivity contribution in [2.75, 3.05) is 6.26 Å². The van der Waals surface area contributed by atoms with Gasteiger partial charge in [-0.3, -0.25) is 5.10 Å². The fourth-order valence-corrected chi connectivity index (χ4v) is 2.00. The van der Waals surface area contributed by atoms with Gasteiger partial charge in [-0.2, -0.15) is 5.10 Å². The Bertz CT molecular complexity index is 451. The zero-order chi connectivity index (χ0) is 10.7. The van der Waals surface area contributed by atoms with Crippen LogP contribution in [0.15, 0.2) is 29.2 Å². The minimum absolute atomic E-state index is 0.789. The van der Waals surface area contributed by atoms with Crippen molar-refractivity contribution in [3.8, 4) is 11.4 Å². The number of H-pyrrole nitrogens is 1. The molecule has 0 saturated carbocycles. The van der Waals surface area contributed by atoms with Crippen LogP contribution in [0, 0.1) is 0 Å². The summed E-state index contributed by atoms with van der Waals surface area (Å²) in [5, 5.41) is 7.15. The number of aromatic nitrogens is 3. The van der Waals surface area contributed by atoms with Crippen LogP contribution in [-0.2, 0) is 6.42 Å². The average Bonchev–Trinajstić information content (AvgIpc) is 2.77. The van der Waals surface area contributed by atoms with Crippen LogP contribution in [0.2, 0.25) is 0 Å². The lowest BCUT2D eigenvalue weighted by Crippen LogP contribution is -1.84. The molecule has 78 valence electrons. The maximum absolute atomic E-state index is 4.43. The van der Waals surface area contributed by atoms with Gasteiger partial charge in [0, 0.05) is 16.9 Å². The summed E-state index contributed by atoms with van der Waals surface area (Å²) >= 11 is 1.71. The van der Waals surface area contributed by atoms with E-state index in [1.165, 1.54) is 4.90 Å². The molecule has 0 saturated heterocycles. The molecule has 0 aliphatic carbocycles. The largest absolute Gasteiger partial charge is 0.263 e. The predicted molar refractivity (Wildman–Crippen MR) is 63.0 cm³/mol. The SMILES string of the molecule is CCc1nc(-c2ccccc2SC)n[nH]1. The maximum atomic E-state index is 4.43. The summed E-state index contributed by atoms with van der Waals surface area (Å²) in [4.78, 5) is 5.64. The van der Waals surface area contributed by atoms with Crippen molar-refractivity contribution in [2.45, 2.75) is 18.2 Å². The van der Waals surface area contributed by atoms with E-state index in [2.05, 4.69) is 40.5 Å². The molecule has 0 aliphatic rings. The van der Waals surface area contributed by atoms with Crippen molar-refractivity contribution in [1.29, 1.82) is 0 Å². The summed E-state index contributed by atoms with van der Waals surface area (Å²) in [6, 6.07) is 8.18. The highest BCUT2D eigenvalue weighted by molar-refractivity contribution is 7.98. The summed E-state index contributed by atoms with van der Waals surface area (Å²) in [6.07, 6.45) is 2.95. The molecule has 3 nitrogen and oxygen atoms in total. The summed E-state index contributed by atoms with van der Waals surface area (Å²) in [5.41, 5.74) is 1.10. The van der Waals surface area contributed by atoms with Gasteiger partial charge < -0.3 is 0 Å². The van der Waals surface area contributed by atoms with Gasteiger partial charge in [-0.25, -0.2) is 4.98 Å². The summed E-state index contributed by atoms with van der Waals surface area (Å²) < 4.78 is 0. The number of nitrogens with one attached hydrogen (secondary N) is 1. The van der Waals surface area contributed by atoms with Gasteiger partial charge in [0.2, 0.25) is 0 Å². The maximum Gasteiger partial charge on any atom is 0.182 e. The highest BCUT2D eigenvalue weighted by Crippen LogP contribution is 2.27. The van der Waals surface area contributed by atoms with E-state index in [1.807, 2.05) is 12.1 Å². The Kier molecular flexibility index (Phi) is 3.06. The Balaban J connectivity index is 2.44. The standard InChI is InChI=1S/C11H13N3S/c1-3-10-12-11(14-13-10)8-6-4-5-7-9(8)15-2/h4-7H,3H2,1-2H3,(H,12,13,14). The number of thioether (sulfide) groups is 1. The molecule has 0 spiro atoms. The third-order valence-corrected chi connectivity index (χ3v) is 3.01. The first-order valence-electron chi connectivity index (χ1n) is 4.89. The first kappa shape index (κ1) is 10.2. The lowest BCUT2D eigenvalue weighted by molar-refractivity contribution is 0.946. The number of aryl methyl sites for hydroxylation is 1. The van der Waals surface area contributed by atoms with Gasteiger partial charge in [0.1, 0.15) is 5.82 Å². The van der Waals surface area contributed by atoms with E-state index in [-0.39, 0.29) is 0 Å². The van der Waals surface area contributed by atoms with E-state index >= 15 is 0 Å². The smallest absolute Gasteiger partial charge is 0.182 e. The molecule has 4 heteroatoms. The molecular formula is C11H13N3S. The van der Waals surface area contributed by atoms with Crippen LogP contribution in [0.25, 0.3) is 11.4 Å². The van der Waals surface area contributed by atoms with Crippen LogP contribution >= 0.6 is 11.8 Å². The molecular weight excluding hydrogens is 206 g/mol. The Morgan fingerprint density at radius 2 is 2.13 bits per heavy atom. The second kappa shape index (κ2) is 4.49. The highest BCUT2D eigenvalue weighted by atomic mass is 32.2. The van der Waals surface area contributed by atoms with Crippen LogP contribution in [-0.4, -0.2) is 21.4 Å². The van der Waals surface area contributed by atoms with E-state index < -0.39 is 0 Å². The normalized spacial score (nSPS) is 10.5. The Morgan fingerprint density at radius 3 is 2.80 bits per heavy atom. The molecule has 1 aromatic carbocycles. The second-order valence-electron chi connectivity index (χ2n) is 3.16. The second-order valence-corrected chi connectivity index (χ2v) is 4.01. The van der Waals surface area contributed by atoms with E-state index in [0.29, 0.717) is 0 Å². The fourth-order valence-electron chi connectivity index (χ4n) is 1.40. The number of hydrogen-bond acceptors (Lipinski definition) is 3. The Labute approximate surface area is 93.3 Å². The van der Waals surface area contributed by atoms with Gasteiger partial charge in [-0.15, -0.1) is 11.8 Å². The molecule has 1 N–H and O–H groups in total. The van der Waals surface area contributed by atoms with Gasteiger partial charge in [-0.1, -0.05) is 19.1 Å². The summed E-state index contributed by atoms with van der Waals surface area (Å²) in [5.74, 6) is 1.72. The van der Waals surface area contributed by atoms with Gasteiger partial charge >= 0.3 is 0 Å². The molecule has 1 heterocycles. The van der Waals surface area contributed by atoms with Crippen molar-refractivity contribution in [1.82, 2.24) is 15.2 Å². The Hall–Kier alpha value is -1.29. The third kappa shape index (κ3) is 2.04. The number of benzene rings is 1. The van der Waals surface area contributed by atoms with E-state index in [9.17, 15) is 0 Å². The molecule has 1 aromatic heterocycles. The van der Waals surface area contributed by atoms with Gasteiger partial charge in [0.25, 0.3) is 0 Å². The van der Waals surface area contributed by atoms with Crippen molar-refractivity contribution in [3.05, 3.63) is 30.1 Å². The third-order valence-electron chi connectivity index (χ3n) is 2.21. The lowest BCUT2D eigenvalue weighted by Gasteiger charge is -2.01. The number of nitrogens with zero attached hydrogens (tertiary/aromatic N) is 2.